The Morgan fingerprint density at radius 2 is 2.24 bits per heavy atom. The van der Waals surface area contributed by atoms with E-state index in [2.05, 4.69) is 23.1 Å². The molecule has 0 aromatic heterocycles. The van der Waals surface area contributed by atoms with Crippen LogP contribution in [0.25, 0.3) is 0 Å². The first-order valence-corrected chi connectivity index (χ1v) is 7.48. The molecule has 0 bridgehead atoms. The molecule has 2 rings (SSSR count). The number of nitrogens with zero attached hydrogens (tertiary/aromatic N) is 2. The monoisotopic (exact) mass is 369 g/mol. The Morgan fingerprint density at radius 3 is 2.76 bits per heavy atom. The summed E-state index contributed by atoms with van der Waals surface area (Å²) < 4.78 is 0.437. The standard InChI is InChI=1S/C12H23N3S.HI/c1-10-4-3-7-15(8-10)11(13)14-9-12(16-2)5-6-12;/h10H,3-9H2,1-2H3,(H2,13,14);1H. The van der Waals surface area contributed by atoms with Gasteiger partial charge in [-0.05, 0) is 37.9 Å². The van der Waals surface area contributed by atoms with Gasteiger partial charge < -0.3 is 10.6 Å². The van der Waals surface area contributed by atoms with Crippen molar-refractivity contribution < 1.29 is 0 Å². The van der Waals surface area contributed by atoms with E-state index < -0.39 is 0 Å². The average Bonchev–Trinajstić information content (AvgIpc) is 3.07. The molecule has 0 spiro atoms. The van der Waals surface area contributed by atoms with Gasteiger partial charge in [0.2, 0.25) is 0 Å². The lowest BCUT2D eigenvalue weighted by Crippen LogP contribution is -2.43. The van der Waals surface area contributed by atoms with Gasteiger partial charge in [-0.1, -0.05) is 6.92 Å². The van der Waals surface area contributed by atoms with E-state index in [1.165, 1.54) is 25.7 Å². The molecule has 0 aromatic carbocycles. The van der Waals surface area contributed by atoms with Crippen LogP contribution in [0.15, 0.2) is 4.99 Å². The summed E-state index contributed by atoms with van der Waals surface area (Å²) in [6.07, 6.45) is 7.38. The third-order valence-corrected chi connectivity index (χ3v) is 5.15. The van der Waals surface area contributed by atoms with Crippen molar-refractivity contribution in [2.45, 2.75) is 37.4 Å². The van der Waals surface area contributed by atoms with Gasteiger partial charge in [0.1, 0.15) is 0 Å². The molecular weight excluding hydrogens is 345 g/mol. The summed E-state index contributed by atoms with van der Waals surface area (Å²) in [5.41, 5.74) is 6.07. The lowest BCUT2D eigenvalue weighted by Gasteiger charge is -2.31. The molecular formula is C12H24IN3S. The molecule has 5 heteroatoms. The number of piperidine rings is 1. The summed E-state index contributed by atoms with van der Waals surface area (Å²) in [4.78, 5) is 6.84. The summed E-state index contributed by atoms with van der Waals surface area (Å²) in [5, 5.41) is 0. The Bertz CT molecular complexity index is 279. The molecule has 100 valence electrons. The Balaban J connectivity index is 0.00000144. The number of aliphatic imine (C=N–C) groups is 1. The molecule has 2 aliphatic rings. The first-order valence-electron chi connectivity index (χ1n) is 6.25. The minimum absolute atomic E-state index is 0. The topological polar surface area (TPSA) is 41.6 Å². The Hall–Kier alpha value is 0.350. The lowest BCUT2D eigenvalue weighted by atomic mass is 10.0. The van der Waals surface area contributed by atoms with Crippen LogP contribution in [0, 0.1) is 5.92 Å². The van der Waals surface area contributed by atoms with Gasteiger partial charge in [0.15, 0.2) is 5.96 Å². The molecule has 2 N–H and O–H groups in total. The van der Waals surface area contributed by atoms with Crippen molar-refractivity contribution in [3.05, 3.63) is 0 Å². The van der Waals surface area contributed by atoms with E-state index in [0.717, 1.165) is 31.5 Å². The zero-order chi connectivity index (χ0) is 11.6. The molecule has 1 saturated heterocycles. The highest BCUT2D eigenvalue weighted by Crippen LogP contribution is 2.47. The number of halogens is 1. The summed E-state index contributed by atoms with van der Waals surface area (Å²) in [5.74, 6) is 1.53. The first kappa shape index (κ1) is 15.4. The van der Waals surface area contributed by atoms with Crippen molar-refractivity contribution in [2.75, 3.05) is 25.9 Å². The van der Waals surface area contributed by atoms with Gasteiger partial charge in [-0.3, -0.25) is 4.99 Å². The van der Waals surface area contributed by atoms with E-state index in [-0.39, 0.29) is 24.0 Å². The molecule has 17 heavy (non-hydrogen) atoms. The third-order valence-electron chi connectivity index (χ3n) is 3.75. The number of thioether (sulfide) groups is 1. The minimum atomic E-state index is 0. The summed E-state index contributed by atoms with van der Waals surface area (Å²) in [7, 11) is 0. The molecule has 3 nitrogen and oxygen atoms in total. The zero-order valence-corrected chi connectivity index (χ0v) is 14.0. The van der Waals surface area contributed by atoms with Crippen LogP contribution in [0.5, 0.6) is 0 Å². The summed E-state index contributed by atoms with van der Waals surface area (Å²) >= 11 is 1.95. The predicted octanol–water partition coefficient (Wildman–Crippen LogP) is 2.55. The van der Waals surface area contributed by atoms with E-state index in [4.69, 9.17) is 5.73 Å². The molecule has 2 fully saturated rings. The fraction of sp³-hybridized carbons (Fsp3) is 0.917. The minimum Gasteiger partial charge on any atom is -0.370 e. The molecule has 0 radical (unpaired) electrons. The highest BCUT2D eigenvalue weighted by Gasteiger charge is 2.41. The Labute approximate surface area is 126 Å². The van der Waals surface area contributed by atoms with Gasteiger partial charge in [-0.15, -0.1) is 24.0 Å². The van der Waals surface area contributed by atoms with Crippen LogP contribution >= 0.6 is 35.7 Å². The van der Waals surface area contributed by atoms with Gasteiger partial charge in [0.25, 0.3) is 0 Å². The number of guanidine groups is 1. The fourth-order valence-electron chi connectivity index (χ4n) is 2.29. The molecule has 0 aromatic rings. The molecule has 1 atom stereocenters. The quantitative estimate of drug-likeness (QED) is 0.472. The summed E-state index contributed by atoms with van der Waals surface area (Å²) in [6.45, 7) is 5.38. The molecule has 1 unspecified atom stereocenters. The van der Waals surface area contributed by atoms with Crippen LogP contribution in [0.1, 0.15) is 32.6 Å². The van der Waals surface area contributed by atoms with Gasteiger partial charge in [0, 0.05) is 17.8 Å². The highest BCUT2D eigenvalue weighted by atomic mass is 127. The van der Waals surface area contributed by atoms with Crippen LogP contribution in [0.3, 0.4) is 0 Å². The van der Waals surface area contributed by atoms with Crippen LogP contribution in [-0.4, -0.2) is 41.5 Å². The van der Waals surface area contributed by atoms with Crippen molar-refractivity contribution in [1.82, 2.24) is 4.90 Å². The predicted molar refractivity (Wildman–Crippen MR) is 87.4 cm³/mol. The van der Waals surface area contributed by atoms with E-state index in [1.54, 1.807) is 0 Å². The van der Waals surface area contributed by atoms with Crippen LogP contribution in [0.4, 0.5) is 0 Å². The van der Waals surface area contributed by atoms with Gasteiger partial charge in [-0.2, -0.15) is 11.8 Å². The number of hydrogen-bond donors (Lipinski definition) is 1. The maximum atomic E-state index is 6.07. The van der Waals surface area contributed by atoms with Crippen LogP contribution < -0.4 is 5.73 Å². The highest BCUT2D eigenvalue weighted by molar-refractivity contribution is 14.0. The second kappa shape index (κ2) is 6.50. The molecule has 1 aliphatic carbocycles. The second-order valence-electron chi connectivity index (χ2n) is 5.25. The molecule has 1 heterocycles. The van der Waals surface area contributed by atoms with E-state index in [1.807, 2.05) is 11.8 Å². The van der Waals surface area contributed by atoms with Crippen LogP contribution in [-0.2, 0) is 0 Å². The maximum Gasteiger partial charge on any atom is 0.191 e. The van der Waals surface area contributed by atoms with Crippen molar-refractivity contribution in [2.24, 2.45) is 16.6 Å². The van der Waals surface area contributed by atoms with Gasteiger partial charge >= 0.3 is 0 Å². The average molecular weight is 369 g/mol. The molecule has 1 saturated carbocycles. The van der Waals surface area contributed by atoms with Crippen molar-refractivity contribution in [3.63, 3.8) is 0 Å². The van der Waals surface area contributed by atoms with Crippen molar-refractivity contribution in [3.8, 4) is 0 Å². The molecule has 1 aliphatic heterocycles. The number of nitrogens with two attached hydrogens (primary N) is 1. The SMILES string of the molecule is CSC1(CN=C(N)N2CCCC(C)C2)CC1.I. The first-order chi connectivity index (χ1) is 7.65. The van der Waals surface area contributed by atoms with Gasteiger partial charge in [0.05, 0.1) is 6.54 Å². The third kappa shape index (κ3) is 4.19. The number of rotatable bonds is 3. The maximum absolute atomic E-state index is 6.07. The zero-order valence-electron chi connectivity index (χ0n) is 10.8. The van der Waals surface area contributed by atoms with Crippen molar-refractivity contribution in [1.29, 1.82) is 0 Å². The Kier molecular flexibility index (Phi) is 5.89. The molecule has 0 amide bonds. The normalized spacial score (nSPS) is 27.5. The van der Waals surface area contributed by atoms with E-state index in [0.29, 0.717) is 4.75 Å². The van der Waals surface area contributed by atoms with Crippen molar-refractivity contribution >= 4 is 41.7 Å². The summed E-state index contributed by atoms with van der Waals surface area (Å²) in [6, 6.07) is 0. The van der Waals surface area contributed by atoms with Crippen LogP contribution in [0.2, 0.25) is 0 Å². The second-order valence-corrected chi connectivity index (χ2v) is 6.53. The van der Waals surface area contributed by atoms with E-state index >= 15 is 0 Å². The lowest BCUT2D eigenvalue weighted by molar-refractivity contribution is 0.270. The number of likely N-dealkylation sites (tertiary alicyclic amines) is 1. The van der Waals surface area contributed by atoms with E-state index in [9.17, 15) is 0 Å². The fourth-order valence-corrected chi connectivity index (χ4v) is 2.99. The largest absolute Gasteiger partial charge is 0.370 e. The number of hydrogen-bond acceptors (Lipinski definition) is 2. The Morgan fingerprint density at radius 1 is 1.53 bits per heavy atom. The van der Waals surface area contributed by atoms with Gasteiger partial charge in [-0.25, -0.2) is 0 Å². The smallest absolute Gasteiger partial charge is 0.191 e.